The van der Waals surface area contributed by atoms with Crippen LogP contribution >= 0.6 is 11.3 Å². The molecule has 3 rings (SSSR count). The summed E-state index contributed by atoms with van der Waals surface area (Å²) in [4.78, 5) is 44.4. The number of aryl methyl sites for hydroxylation is 1. The van der Waals surface area contributed by atoms with Crippen molar-refractivity contribution in [2.45, 2.75) is 33.4 Å². The molecule has 1 aliphatic heterocycles. The standard InChI is InChI=1S/C16H21N3O5S/c1-8(2)5-18-15-12(13(21)17(4)16(18)23)11(9(3)25-15)14(22)19-6-10(20)7-24-19/h8,10,20H,5-7H2,1-4H3. The lowest BCUT2D eigenvalue weighted by Crippen LogP contribution is -2.39. The maximum absolute atomic E-state index is 12.8. The van der Waals surface area contributed by atoms with Gasteiger partial charge < -0.3 is 5.11 Å². The van der Waals surface area contributed by atoms with Crippen molar-refractivity contribution in [3.63, 3.8) is 0 Å². The Morgan fingerprint density at radius 2 is 2.08 bits per heavy atom. The second kappa shape index (κ2) is 6.40. The van der Waals surface area contributed by atoms with Crippen molar-refractivity contribution in [2.24, 2.45) is 13.0 Å². The smallest absolute Gasteiger partial charge is 0.331 e. The molecule has 0 spiro atoms. The highest BCUT2D eigenvalue weighted by molar-refractivity contribution is 7.19. The molecule has 1 amide bonds. The molecule has 136 valence electrons. The molecule has 0 aromatic carbocycles. The van der Waals surface area contributed by atoms with E-state index >= 15 is 0 Å². The maximum atomic E-state index is 12.8. The van der Waals surface area contributed by atoms with Gasteiger partial charge in [0.2, 0.25) is 0 Å². The average Bonchev–Trinajstić information content (AvgIpc) is 3.12. The number of β-amino-alcohol motifs (C(OH)–C–C–N with tert-alkyl or cyclic N) is 1. The minimum absolute atomic E-state index is 0.0446. The van der Waals surface area contributed by atoms with E-state index in [1.807, 2.05) is 13.8 Å². The van der Waals surface area contributed by atoms with Crippen LogP contribution in [-0.2, 0) is 18.4 Å². The number of aliphatic hydroxyl groups is 1. The van der Waals surface area contributed by atoms with Gasteiger partial charge in [0.1, 0.15) is 17.5 Å². The zero-order valence-corrected chi connectivity index (χ0v) is 15.4. The van der Waals surface area contributed by atoms with Gasteiger partial charge in [-0.1, -0.05) is 13.8 Å². The van der Waals surface area contributed by atoms with Gasteiger partial charge in [0.25, 0.3) is 11.5 Å². The third-order valence-corrected chi connectivity index (χ3v) is 5.26. The van der Waals surface area contributed by atoms with Crippen molar-refractivity contribution in [1.29, 1.82) is 0 Å². The summed E-state index contributed by atoms with van der Waals surface area (Å²) in [6.45, 7) is 6.26. The SMILES string of the molecule is Cc1sc2c(c1C(=O)N1CC(O)CO1)c(=O)n(C)c(=O)n2CC(C)C. The molecule has 9 heteroatoms. The van der Waals surface area contributed by atoms with Crippen LogP contribution in [-0.4, -0.2) is 44.5 Å². The van der Waals surface area contributed by atoms with Gasteiger partial charge in [-0.05, 0) is 12.8 Å². The van der Waals surface area contributed by atoms with Crippen molar-refractivity contribution in [1.82, 2.24) is 14.2 Å². The molecular formula is C16H21N3O5S. The highest BCUT2D eigenvalue weighted by atomic mass is 32.1. The number of amides is 1. The van der Waals surface area contributed by atoms with Gasteiger partial charge in [0.15, 0.2) is 0 Å². The highest BCUT2D eigenvalue weighted by Crippen LogP contribution is 2.30. The Hall–Kier alpha value is -1.97. The van der Waals surface area contributed by atoms with E-state index < -0.39 is 17.6 Å². The lowest BCUT2D eigenvalue weighted by molar-refractivity contribution is -0.0778. The van der Waals surface area contributed by atoms with Crippen LogP contribution in [0, 0.1) is 12.8 Å². The quantitative estimate of drug-likeness (QED) is 0.851. The average molecular weight is 367 g/mol. The van der Waals surface area contributed by atoms with E-state index in [-0.39, 0.29) is 35.7 Å². The molecule has 1 fully saturated rings. The van der Waals surface area contributed by atoms with Crippen LogP contribution in [0.15, 0.2) is 9.59 Å². The Labute approximate surface area is 147 Å². The second-order valence-corrected chi connectivity index (χ2v) is 7.88. The van der Waals surface area contributed by atoms with Gasteiger partial charge in [0.05, 0.1) is 17.5 Å². The number of rotatable bonds is 3. The third kappa shape index (κ3) is 2.92. The highest BCUT2D eigenvalue weighted by Gasteiger charge is 2.32. The number of carbonyl (C=O) groups excluding carboxylic acids is 1. The maximum Gasteiger partial charge on any atom is 0.331 e. The molecule has 1 aliphatic rings. The van der Waals surface area contributed by atoms with Crippen LogP contribution in [0.3, 0.4) is 0 Å². The molecule has 2 aromatic rings. The molecule has 8 nitrogen and oxygen atoms in total. The van der Waals surface area contributed by atoms with Crippen LogP contribution < -0.4 is 11.2 Å². The largest absolute Gasteiger partial charge is 0.389 e. The number of fused-ring (bicyclic) bond motifs is 1. The van der Waals surface area contributed by atoms with Crippen LogP contribution in [0.2, 0.25) is 0 Å². The van der Waals surface area contributed by atoms with Crippen molar-refractivity contribution >= 4 is 27.5 Å². The number of hydrogen-bond donors (Lipinski definition) is 1. The topological polar surface area (TPSA) is 93.8 Å². The van der Waals surface area contributed by atoms with Gasteiger partial charge in [0, 0.05) is 18.5 Å². The first kappa shape index (κ1) is 17.8. The predicted molar refractivity (Wildman–Crippen MR) is 93.9 cm³/mol. The number of nitrogens with zero attached hydrogens (tertiary/aromatic N) is 3. The zero-order valence-electron chi connectivity index (χ0n) is 14.6. The van der Waals surface area contributed by atoms with Crippen molar-refractivity contribution < 1.29 is 14.7 Å². The van der Waals surface area contributed by atoms with Gasteiger partial charge in [-0.2, -0.15) is 0 Å². The summed E-state index contributed by atoms with van der Waals surface area (Å²) < 4.78 is 2.59. The Bertz CT molecular complexity index is 955. The molecule has 1 atom stereocenters. The molecule has 0 bridgehead atoms. The molecular weight excluding hydrogens is 346 g/mol. The van der Waals surface area contributed by atoms with Crippen molar-refractivity contribution in [3.8, 4) is 0 Å². The van der Waals surface area contributed by atoms with Crippen LogP contribution in [0.5, 0.6) is 0 Å². The summed E-state index contributed by atoms with van der Waals surface area (Å²) in [5.74, 6) is -0.260. The fourth-order valence-electron chi connectivity index (χ4n) is 2.96. The summed E-state index contributed by atoms with van der Waals surface area (Å²) >= 11 is 1.26. The Morgan fingerprint density at radius 3 is 2.64 bits per heavy atom. The van der Waals surface area contributed by atoms with Crippen LogP contribution in [0.25, 0.3) is 10.2 Å². The number of thiophene rings is 1. The molecule has 0 radical (unpaired) electrons. The number of hydroxylamine groups is 2. The molecule has 2 aromatic heterocycles. The van der Waals surface area contributed by atoms with E-state index in [9.17, 15) is 19.5 Å². The van der Waals surface area contributed by atoms with E-state index in [0.29, 0.717) is 16.3 Å². The number of aromatic nitrogens is 2. The minimum atomic E-state index is -0.740. The van der Waals surface area contributed by atoms with Gasteiger partial charge in [-0.3, -0.25) is 23.6 Å². The summed E-state index contributed by atoms with van der Waals surface area (Å²) in [6, 6.07) is 0. The first-order chi connectivity index (χ1) is 11.7. The molecule has 1 saturated heterocycles. The lowest BCUT2D eigenvalue weighted by atomic mass is 10.1. The Kier molecular flexibility index (Phi) is 4.56. The fourth-order valence-corrected chi connectivity index (χ4v) is 4.10. The normalized spacial score (nSPS) is 17.8. The molecule has 1 N–H and O–H groups in total. The third-order valence-electron chi connectivity index (χ3n) is 4.13. The van der Waals surface area contributed by atoms with Crippen molar-refractivity contribution in [2.75, 3.05) is 13.2 Å². The monoisotopic (exact) mass is 367 g/mol. The number of hydrogen-bond acceptors (Lipinski definition) is 6. The van der Waals surface area contributed by atoms with E-state index in [1.54, 1.807) is 11.5 Å². The molecule has 3 heterocycles. The van der Waals surface area contributed by atoms with E-state index in [0.717, 1.165) is 9.63 Å². The summed E-state index contributed by atoms with van der Waals surface area (Å²) in [5.41, 5.74) is -0.640. The summed E-state index contributed by atoms with van der Waals surface area (Å²) in [5, 5.41) is 10.9. The van der Waals surface area contributed by atoms with E-state index in [2.05, 4.69) is 0 Å². The Morgan fingerprint density at radius 1 is 1.40 bits per heavy atom. The second-order valence-electron chi connectivity index (χ2n) is 6.68. The molecule has 1 unspecified atom stereocenters. The van der Waals surface area contributed by atoms with Crippen molar-refractivity contribution in [3.05, 3.63) is 31.3 Å². The predicted octanol–water partition coefficient (Wildman–Crippen LogP) is 0.474. The van der Waals surface area contributed by atoms with Crippen LogP contribution in [0.4, 0.5) is 0 Å². The van der Waals surface area contributed by atoms with Gasteiger partial charge in [-0.15, -0.1) is 11.3 Å². The molecule has 0 saturated carbocycles. The lowest BCUT2D eigenvalue weighted by Gasteiger charge is -2.14. The van der Waals surface area contributed by atoms with Gasteiger partial charge in [-0.25, -0.2) is 9.86 Å². The molecule has 0 aliphatic carbocycles. The van der Waals surface area contributed by atoms with Gasteiger partial charge >= 0.3 is 5.69 Å². The van der Waals surface area contributed by atoms with E-state index in [4.69, 9.17) is 4.84 Å². The van der Waals surface area contributed by atoms with E-state index in [1.165, 1.54) is 18.4 Å². The molecule has 25 heavy (non-hydrogen) atoms. The fraction of sp³-hybridized carbons (Fsp3) is 0.562. The minimum Gasteiger partial charge on any atom is -0.389 e. The zero-order chi connectivity index (χ0) is 18.5. The number of carbonyl (C=O) groups is 1. The number of aliphatic hydroxyl groups excluding tert-OH is 1. The summed E-state index contributed by atoms with van der Waals surface area (Å²) in [6.07, 6.45) is -0.740. The summed E-state index contributed by atoms with van der Waals surface area (Å²) in [7, 11) is 1.41. The van der Waals surface area contributed by atoms with Crippen LogP contribution in [0.1, 0.15) is 29.1 Å². The first-order valence-corrected chi connectivity index (χ1v) is 8.89. The Balaban J connectivity index is 2.26. The first-order valence-electron chi connectivity index (χ1n) is 8.08.